The van der Waals surface area contributed by atoms with Crippen LogP contribution in [-0.4, -0.2) is 15.8 Å². The minimum absolute atomic E-state index is 0.0641. The molecule has 0 amide bonds. The lowest BCUT2D eigenvalue weighted by atomic mass is 9.34. The second kappa shape index (κ2) is 14.8. The Hall–Kier alpha value is -10.2. The van der Waals surface area contributed by atoms with Crippen LogP contribution in [0.25, 0.3) is 141 Å². The fraction of sp³-hybridized carbons (Fsp3) is 0. The molecule has 17 aromatic rings. The molecule has 2 aliphatic rings. The number of hydrogen-bond donors (Lipinski definition) is 0. The van der Waals surface area contributed by atoms with Crippen LogP contribution in [-0.2, 0) is 0 Å². The molecular formula is C74H42BN3. The summed E-state index contributed by atoms with van der Waals surface area (Å²) in [6.45, 7) is -0.0641. The lowest BCUT2D eigenvalue weighted by molar-refractivity contribution is 1.13. The van der Waals surface area contributed by atoms with Gasteiger partial charge in [-0.3, -0.25) is 0 Å². The van der Waals surface area contributed by atoms with Crippen LogP contribution < -0.4 is 21.3 Å². The van der Waals surface area contributed by atoms with Gasteiger partial charge in [0, 0.05) is 44.3 Å². The third-order valence-corrected chi connectivity index (χ3v) is 18.0. The van der Waals surface area contributed by atoms with E-state index in [2.05, 4.69) is 269 Å². The van der Waals surface area contributed by atoms with Gasteiger partial charge in [0.05, 0.1) is 27.8 Å². The summed E-state index contributed by atoms with van der Waals surface area (Å²) in [6, 6.07) is 96.8. The van der Waals surface area contributed by atoms with E-state index in [9.17, 15) is 0 Å². The van der Waals surface area contributed by atoms with Crippen molar-refractivity contribution in [2.45, 2.75) is 0 Å². The van der Waals surface area contributed by atoms with Crippen molar-refractivity contribution in [3.63, 3.8) is 0 Å². The Morgan fingerprint density at radius 3 is 1.04 bits per heavy atom. The first-order valence-corrected chi connectivity index (χ1v) is 27.3. The number of aromatic nitrogens is 2. The third-order valence-electron chi connectivity index (χ3n) is 18.0. The average Bonchev–Trinajstić information content (AvgIpc) is 4.24. The SMILES string of the molecule is c1ccc2cc3cc(N(c4cc5c6c(c4)-n4c7ccc8ccccc8c7c7c8ccccc8cc(c74)B6c4cc6ccccc6c6c7c8ccccc8ccc7n-5c46)c4ccc5cc6ccccc6cc5c4)ccc3cc2c1. The maximum absolute atomic E-state index is 2.67. The second-order valence-electron chi connectivity index (χ2n) is 22.0. The summed E-state index contributed by atoms with van der Waals surface area (Å²) < 4.78 is 5.33. The van der Waals surface area contributed by atoms with Crippen molar-refractivity contribution in [3.05, 3.63) is 255 Å². The maximum atomic E-state index is 2.67. The van der Waals surface area contributed by atoms with Crippen molar-refractivity contribution < 1.29 is 0 Å². The zero-order valence-corrected chi connectivity index (χ0v) is 42.2. The third kappa shape index (κ3) is 5.33. The zero-order valence-electron chi connectivity index (χ0n) is 42.2. The van der Waals surface area contributed by atoms with E-state index in [-0.39, 0.29) is 6.71 Å². The lowest BCUT2D eigenvalue weighted by Crippen LogP contribution is -2.59. The molecule has 0 spiro atoms. The summed E-state index contributed by atoms with van der Waals surface area (Å²) in [6.07, 6.45) is 0. The molecule has 356 valence electrons. The largest absolute Gasteiger partial charge is 0.310 e. The van der Waals surface area contributed by atoms with Gasteiger partial charge in [-0.2, -0.15) is 0 Å². The molecular weight excluding hydrogens is 942 g/mol. The Bertz CT molecular complexity index is 5260. The molecule has 3 nitrogen and oxygen atoms in total. The van der Waals surface area contributed by atoms with Gasteiger partial charge >= 0.3 is 0 Å². The van der Waals surface area contributed by atoms with Gasteiger partial charge in [0.1, 0.15) is 0 Å². The topological polar surface area (TPSA) is 13.1 Å². The van der Waals surface area contributed by atoms with Crippen LogP contribution in [0.3, 0.4) is 0 Å². The van der Waals surface area contributed by atoms with E-state index in [0.717, 1.165) is 17.1 Å². The van der Waals surface area contributed by atoms with Crippen LogP contribution in [0.15, 0.2) is 255 Å². The Morgan fingerprint density at radius 1 is 0.256 bits per heavy atom. The highest BCUT2D eigenvalue weighted by Gasteiger charge is 2.43. The van der Waals surface area contributed by atoms with Crippen molar-refractivity contribution in [1.29, 1.82) is 0 Å². The van der Waals surface area contributed by atoms with Gasteiger partial charge in [-0.15, -0.1) is 0 Å². The van der Waals surface area contributed by atoms with Crippen LogP contribution in [0, 0.1) is 0 Å². The van der Waals surface area contributed by atoms with Gasteiger partial charge < -0.3 is 14.0 Å². The number of anilines is 3. The number of rotatable bonds is 3. The van der Waals surface area contributed by atoms with Crippen molar-refractivity contribution in [1.82, 2.24) is 9.13 Å². The molecule has 2 aliphatic heterocycles. The monoisotopic (exact) mass is 983 g/mol. The average molecular weight is 984 g/mol. The van der Waals surface area contributed by atoms with Gasteiger partial charge in [-0.05, 0) is 175 Å². The molecule has 4 heterocycles. The summed E-state index contributed by atoms with van der Waals surface area (Å²) in [5, 5.41) is 25.2. The molecule has 0 saturated carbocycles. The summed E-state index contributed by atoms with van der Waals surface area (Å²) in [7, 11) is 0. The minimum atomic E-state index is -0.0641. The predicted octanol–water partition coefficient (Wildman–Crippen LogP) is 17.7. The van der Waals surface area contributed by atoms with Crippen LogP contribution in [0.5, 0.6) is 0 Å². The van der Waals surface area contributed by atoms with Crippen LogP contribution in [0.2, 0.25) is 0 Å². The van der Waals surface area contributed by atoms with Crippen LogP contribution >= 0.6 is 0 Å². The molecule has 0 N–H and O–H groups in total. The summed E-state index contributed by atoms with van der Waals surface area (Å²) in [5.41, 5.74) is 14.8. The first-order chi connectivity index (χ1) is 38.7. The van der Waals surface area contributed by atoms with Crippen molar-refractivity contribution in [3.8, 4) is 11.4 Å². The normalized spacial score (nSPS) is 12.8. The van der Waals surface area contributed by atoms with Gasteiger partial charge in [-0.1, -0.05) is 182 Å². The fourth-order valence-electron chi connectivity index (χ4n) is 14.8. The van der Waals surface area contributed by atoms with Crippen LogP contribution in [0.4, 0.5) is 17.1 Å². The molecule has 0 bridgehead atoms. The molecule has 0 radical (unpaired) electrons. The number of fused-ring (bicyclic) bond motifs is 22. The fourth-order valence-corrected chi connectivity index (χ4v) is 14.8. The Morgan fingerprint density at radius 2 is 0.603 bits per heavy atom. The summed E-state index contributed by atoms with van der Waals surface area (Å²) in [5.74, 6) is 0. The van der Waals surface area contributed by atoms with Crippen molar-refractivity contribution in [2.24, 2.45) is 0 Å². The molecule has 15 aromatic carbocycles. The van der Waals surface area contributed by atoms with Crippen molar-refractivity contribution >= 4 is 170 Å². The van der Waals surface area contributed by atoms with E-state index in [0.29, 0.717) is 0 Å². The van der Waals surface area contributed by atoms with E-state index in [4.69, 9.17) is 0 Å². The highest BCUT2D eigenvalue weighted by molar-refractivity contribution is 7.00. The quantitative estimate of drug-likeness (QED) is 0.127. The molecule has 4 heteroatoms. The van der Waals surface area contributed by atoms with E-state index in [1.54, 1.807) is 0 Å². The molecule has 0 atom stereocenters. The number of nitrogens with zero attached hydrogens (tertiary/aromatic N) is 3. The van der Waals surface area contributed by atoms with E-state index < -0.39 is 0 Å². The van der Waals surface area contributed by atoms with Crippen molar-refractivity contribution in [2.75, 3.05) is 4.90 Å². The van der Waals surface area contributed by atoms with Crippen LogP contribution in [0.1, 0.15) is 0 Å². The Balaban J connectivity index is 1.01. The van der Waals surface area contributed by atoms with E-state index >= 15 is 0 Å². The number of hydrogen-bond acceptors (Lipinski definition) is 1. The smallest absolute Gasteiger partial charge is 0.252 e. The molecule has 2 aromatic heterocycles. The van der Waals surface area contributed by atoms with Gasteiger partial charge in [0.25, 0.3) is 6.71 Å². The minimum Gasteiger partial charge on any atom is -0.310 e. The first-order valence-electron chi connectivity index (χ1n) is 27.3. The molecule has 0 fully saturated rings. The molecule has 19 rings (SSSR count). The second-order valence-corrected chi connectivity index (χ2v) is 22.0. The van der Waals surface area contributed by atoms with Gasteiger partial charge in [-0.25, -0.2) is 0 Å². The standard InChI is InChI=1S/C74H42BN3/c1-3-17-47-35-53-37-55(29-25-49(53)33-45(47)15-1)76(56-30-26-50-34-46-16-2-4-18-48(46)36-54(50)38-56)57-41-66-72-67(42-57)78-65-32-28-44-14-6-10-22-59(44)69(65)71-61-24-12-8-20-52(61)40-63(74(71)78)75(72)62-39-51-19-7-11-23-60(51)70-68-58-21-9-5-13-43(58)27-31-64(68)77(66)73(62)70/h1-42H. The van der Waals surface area contributed by atoms with E-state index in [1.165, 1.54) is 158 Å². The predicted molar refractivity (Wildman–Crippen MR) is 335 cm³/mol. The highest BCUT2D eigenvalue weighted by Crippen LogP contribution is 2.48. The summed E-state index contributed by atoms with van der Waals surface area (Å²) in [4.78, 5) is 2.54. The zero-order chi connectivity index (χ0) is 50.5. The molecule has 0 saturated heterocycles. The Kier molecular flexibility index (Phi) is 7.82. The maximum Gasteiger partial charge on any atom is 0.252 e. The van der Waals surface area contributed by atoms with Gasteiger partial charge in [0.2, 0.25) is 0 Å². The Labute approximate surface area is 447 Å². The van der Waals surface area contributed by atoms with E-state index in [1.807, 2.05) is 0 Å². The number of benzene rings is 15. The summed E-state index contributed by atoms with van der Waals surface area (Å²) >= 11 is 0. The highest BCUT2D eigenvalue weighted by atomic mass is 15.2. The molecule has 78 heavy (non-hydrogen) atoms. The molecule has 0 unspecified atom stereocenters. The van der Waals surface area contributed by atoms with Gasteiger partial charge in [0.15, 0.2) is 0 Å². The first kappa shape index (κ1) is 41.1. The lowest BCUT2D eigenvalue weighted by Gasteiger charge is -2.36. The molecule has 0 aliphatic carbocycles.